The molecule has 1 heterocycles. The Balaban J connectivity index is 2.08. The smallest absolute Gasteiger partial charge is 0.203 e. The highest BCUT2D eigenvalue weighted by Crippen LogP contribution is 2.28. The van der Waals surface area contributed by atoms with E-state index in [-0.39, 0.29) is 19.2 Å². The maximum Gasteiger partial charge on any atom is 0.203 e. The summed E-state index contributed by atoms with van der Waals surface area (Å²) in [6.45, 7) is -6.14. The van der Waals surface area contributed by atoms with Crippen molar-refractivity contribution in [1.29, 1.82) is 0 Å². The molecule has 0 spiro atoms. The second-order valence-electron chi connectivity index (χ2n) is 3.55. The van der Waals surface area contributed by atoms with Crippen molar-refractivity contribution in [3.8, 4) is 5.75 Å². The number of rotatable bonds is 3. The first-order valence-electron chi connectivity index (χ1n) is 7.20. The average Bonchev–Trinajstić information content (AvgIpc) is 2.32. The van der Waals surface area contributed by atoms with Crippen LogP contribution in [0.1, 0.15) is 13.7 Å². The van der Waals surface area contributed by atoms with Crippen molar-refractivity contribution in [2.45, 2.75) is 13.0 Å². The van der Waals surface area contributed by atoms with Crippen LogP contribution >= 0.6 is 0 Å². The summed E-state index contributed by atoms with van der Waals surface area (Å²) in [7, 11) is 0. The first-order chi connectivity index (χ1) is 9.95. The molecule has 0 N–H and O–H groups in total. The van der Waals surface area contributed by atoms with Crippen LogP contribution in [0.5, 0.6) is 5.75 Å². The van der Waals surface area contributed by atoms with Crippen molar-refractivity contribution in [1.82, 2.24) is 4.90 Å². The SMILES string of the molecule is [2H]C([2H])([2H])C([2H])([2H])N1CC(Oc2c(F)c(F)cc(F)c2F)C1. The summed E-state index contributed by atoms with van der Waals surface area (Å²) in [6, 6.07) is 0.0395. The molecule has 0 aromatic heterocycles. The third-order valence-electron chi connectivity index (χ3n) is 2.36. The van der Waals surface area contributed by atoms with Crippen molar-refractivity contribution in [2.75, 3.05) is 19.6 Å². The predicted molar refractivity (Wildman–Crippen MR) is 52.8 cm³/mol. The Labute approximate surface area is 103 Å². The molecule has 2 rings (SSSR count). The summed E-state index contributed by atoms with van der Waals surface area (Å²) >= 11 is 0. The Morgan fingerprint density at radius 3 is 2.47 bits per heavy atom. The minimum atomic E-state index is -2.92. The molecular weight excluding hydrogens is 238 g/mol. The van der Waals surface area contributed by atoms with Gasteiger partial charge < -0.3 is 4.74 Å². The zero-order valence-corrected chi connectivity index (χ0v) is 8.44. The van der Waals surface area contributed by atoms with Gasteiger partial charge in [-0.2, -0.15) is 8.78 Å². The van der Waals surface area contributed by atoms with E-state index >= 15 is 0 Å². The molecule has 2 nitrogen and oxygen atoms in total. The fourth-order valence-corrected chi connectivity index (χ4v) is 1.43. The zero-order valence-electron chi connectivity index (χ0n) is 13.4. The van der Waals surface area contributed by atoms with Crippen LogP contribution in [-0.2, 0) is 0 Å². The van der Waals surface area contributed by atoms with E-state index in [0.29, 0.717) is 0 Å². The summed E-state index contributed by atoms with van der Waals surface area (Å²) < 4.78 is 93.7. The minimum Gasteiger partial charge on any atom is -0.481 e. The van der Waals surface area contributed by atoms with Crippen LogP contribution in [-0.4, -0.2) is 30.6 Å². The van der Waals surface area contributed by atoms with Crippen LogP contribution in [0.2, 0.25) is 0 Å². The highest BCUT2D eigenvalue weighted by atomic mass is 19.2. The van der Waals surface area contributed by atoms with E-state index < -0.39 is 48.5 Å². The fraction of sp³-hybridized carbons (Fsp3) is 0.455. The van der Waals surface area contributed by atoms with Crippen molar-refractivity contribution in [3.63, 3.8) is 0 Å². The number of likely N-dealkylation sites (tertiary alicyclic amines) is 1. The molecule has 1 fully saturated rings. The van der Waals surface area contributed by atoms with Crippen molar-refractivity contribution >= 4 is 0 Å². The number of benzene rings is 1. The molecule has 1 aliphatic heterocycles. The van der Waals surface area contributed by atoms with Gasteiger partial charge in [0.2, 0.25) is 11.6 Å². The molecule has 1 aromatic rings. The van der Waals surface area contributed by atoms with Gasteiger partial charge in [-0.1, -0.05) is 6.85 Å². The predicted octanol–water partition coefficient (Wildman–Crippen LogP) is 2.33. The molecular formula is C11H11F4NO. The van der Waals surface area contributed by atoms with Gasteiger partial charge in [0.05, 0.1) is 0 Å². The summed E-state index contributed by atoms with van der Waals surface area (Å²) in [5.41, 5.74) is 0. The molecule has 94 valence electrons. The molecule has 1 aliphatic rings. The maximum atomic E-state index is 13.4. The molecule has 0 radical (unpaired) electrons. The fourth-order valence-electron chi connectivity index (χ4n) is 1.43. The third kappa shape index (κ3) is 2.22. The van der Waals surface area contributed by atoms with E-state index in [1.165, 1.54) is 0 Å². The summed E-state index contributed by atoms with van der Waals surface area (Å²) in [5.74, 6) is -7.88. The summed E-state index contributed by atoms with van der Waals surface area (Å²) in [5, 5.41) is 0. The maximum absolute atomic E-state index is 13.4. The van der Waals surface area contributed by atoms with Gasteiger partial charge in [-0.05, 0) is 6.50 Å². The van der Waals surface area contributed by atoms with Crippen LogP contribution in [0.15, 0.2) is 6.07 Å². The lowest BCUT2D eigenvalue weighted by atomic mass is 10.1. The lowest BCUT2D eigenvalue weighted by molar-refractivity contribution is 0.0179. The quantitative estimate of drug-likeness (QED) is 0.606. The lowest BCUT2D eigenvalue weighted by Crippen LogP contribution is -2.53. The van der Waals surface area contributed by atoms with Gasteiger partial charge in [0, 0.05) is 26.0 Å². The van der Waals surface area contributed by atoms with E-state index in [9.17, 15) is 17.6 Å². The average molecular weight is 254 g/mol. The van der Waals surface area contributed by atoms with Crippen molar-refractivity contribution in [2.24, 2.45) is 0 Å². The highest BCUT2D eigenvalue weighted by molar-refractivity contribution is 5.29. The molecule has 0 atom stereocenters. The normalized spacial score (nSPS) is 22.9. The molecule has 0 bridgehead atoms. The van der Waals surface area contributed by atoms with Gasteiger partial charge in [0.15, 0.2) is 17.4 Å². The number of likely N-dealkylation sites (N-methyl/N-ethyl adjacent to an activating group) is 1. The number of ether oxygens (including phenoxy) is 1. The van der Waals surface area contributed by atoms with E-state index in [1.54, 1.807) is 0 Å². The Morgan fingerprint density at radius 2 is 1.94 bits per heavy atom. The van der Waals surface area contributed by atoms with Crippen molar-refractivity contribution in [3.05, 3.63) is 29.3 Å². The minimum absolute atomic E-state index is 0.0395. The van der Waals surface area contributed by atoms with Gasteiger partial charge in [0.1, 0.15) is 6.10 Å². The Hall–Kier alpha value is -1.30. The number of hydrogen-bond donors (Lipinski definition) is 0. The lowest BCUT2D eigenvalue weighted by Gasteiger charge is -2.38. The number of hydrogen-bond acceptors (Lipinski definition) is 2. The number of nitrogens with zero attached hydrogens (tertiary/aromatic N) is 1. The van der Waals surface area contributed by atoms with E-state index in [0.717, 1.165) is 4.90 Å². The first-order valence-corrected chi connectivity index (χ1v) is 4.70. The third-order valence-corrected chi connectivity index (χ3v) is 2.36. The van der Waals surface area contributed by atoms with Crippen LogP contribution in [0.4, 0.5) is 17.6 Å². The molecule has 1 aromatic carbocycles. The van der Waals surface area contributed by atoms with Crippen LogP contribution in [0.3, 0.4) is 0 Å². The first kappa shape index (κ1) is 7.20. The monoisotopic (exact) mass is 254 g/mol. The number of halogens is 4. The zero-order chi connectivity index (χ0) is 16.9. The van der Waals surface area contributed by atoms with Crippen LogP contribution in [0.25, 0.3) is 0 Å². The van der Waals surface area contributed by atoms with Gasteiger partial charge >= 0.3 is 0 Å². The molecule has 0 aliphatic carbocycles. The van der Waals surface area contributed by atoms with E-state index in [4.69, 9.17) is 11.6 Å². The van der Waals surface area contributed by atoms with Gasteiger partial charge in [-0.25, -0.2) is 8.78 Å². The standard InChI is InChI=1S/C11H11F4NO/c1-2-16-4-6(5-16)17-11-9(14)7(12)3-8(13)10(11)15/h3,6H,2,4-5H2,1H3/i1D3,2D2. The molecule has 0 saturated carbocycles. The molecule has 17 heavy (non-hydrogen) atoms. The van der Waals surface area contributed by atoms with Crippen LogP contribution < -0.4 is 4.74 Å². The van der Waals surface area contributed by atoms with E-state index in [1.807, 2.05) is 0 Å². The molecule has 0 amide bonds. The van der Waals surface area contributed by atoms with Crippen LogP contribution in [0, 0.1) is 23.3 Å². The summed E-state index contributed by atoms with van der Waals surface area (Å²) in [4.78, 5) is 0.885. The van der Waals surface area contributed by atoms with E-state index in [2.05, 4.69) is 0 Å². The van der Waals surface area contributed by atoms with Crippen molar-refractivity contribution < 1.29 is 29.2 Å². The van der Waals surface area contributed by atoms with Gasteiger partial charge in [-0.3, -0.25) is 4.90 Å². The second kappa shape index (κ2) is 4.52. The molecule has 6 heteroatoms. The van der Waals surface area contributed by atoms with Gasteiger partial charge in [-0.15, -0.1) is 0 Å². The second-order valence-corrected chi connectivity index (χ2v) is 3.55. The topological polar surface area (TPSA) is 12.5 Å². The van der Waals surface area contributed by atoms with Gasteiger partial charge in [0.25, 0.3) is 0 Å². The Bertz CT molecular complexity index is 563. The highest BCUT2D eigenvalue weighted by Gasteiger charge is 2.30. The Kier molecular flexibility index (Phi) is 1.92. The molecule has 1 saturated heterocycles. The Morgan fingerprint density at radius 1 is 1.35 bits per heavy atom. The summed E-state index contributed by atoms with van der Waals surface area (Å²) in [6.07, 6.45) is -0.984. The molecule has 0 unspecified atom stereocenters. The largest absolute Gasteiger partial charge is 0.481 e.